The molecule has 3 rings (SSSR count). The van der Waals surface area contributed by atoms with Gasteiger partial charge in [0, 0.05) is 26.1 Å². The first-order valence-electron chi connectivity index (χ1n) is 9.36. The predicted molar refractivity (Wildman–Crippen MR) is 106 cm³/mol. The Morgan fingerprint density at radius 3 is 2.33 bits per heavy atom. The zero-order chi connectivity index (χ0) is 19.2. The van der Waals surface area contributed by atoms with Gasteiger partial charge in [-0.05, 0) is 43.0 Å². The number of hydrogen-bond acceptors (Lipinski definition) is 3. The third kappa shape index (κ3) is 5.33. The summed E-state index contributed by atoms with van der Waals surface area (Å²) < 4.78 is 5.67. The molecule has 1 aliphatic heterocycles. The summed E-state index contributed by atoms with van der Waals surface area (Å²) in [5, 5.41) is 2.89. The molecule has 0 radical (unpaired) electrons. The van der Waals surface area contributed by atoms with Crippen molar-refractivity contribution >= 4 is 11.8 Å². The Labute approximate surface area is 160 Å². The first-order chi connectivity index (χ1) is 13.0. The highest BCUT2D eigenvalue weighted by atomic mass is 16.5. The molecule has 0 spiro atoms. The van der Waals surface area contributed by atoms with Crippen molar-refractivity contribution in [2.75, 3.05) is 19.7 Å². The molecule has 5 nitrogen and oxygen atoms in total. The summed E-state index contributed by atoms with van der Waals surface area (Å²) in [7, 11) is 0. The lowest BCUT2D eigenvalue weighted by atomic mass is 10.0. The normalized spacial score (nSPS) is 16.7. The number of benzene rings is 2. The molecule has 1 N–H and O–H groups in total. The zero-order valence-electron chi connectivity index (χ0n) is 15.9. The monoisotopic (exact) mass is 366 g/mol. The van der Waals surface area contributed by atoms with Gasteiger partial charge >= 0.3 is 0 Å². The standard InChI is InChI=1S/C22H26N2O3/c1-16-5-7-18(8-6-16)19-9-11-21(12-10-19)27-15-22(26)24-13-3-4-20(14-24)23-17(2)25/h5-12,20H,3-4,13-15H2,1-2H3,(H,23,25). The average Bonchev–Trinajstić information content (AvgIpc) is 2.67. The molecule has 1 fully saturated rings. The van der Waals surface area contributed by atoms with E-state index in [1.807, 2.05) is 24.3 Å². The number of rotatable bonds is 5. The van der Waals surface area contributed by atoms with E-state index in [1.54, 1.807) is 4.90 Å². The number of carbonyl (C=O) groups excluding carboxylic acids is 2. The minimum atomic E-state index is -0.0563. The number of ether oxygens (including phenoxy) is 1. The van der Waals surface area contributed by atoms with Crippen LogP contribution in [0, 0.1) is 6.92 Å². The summed E-state index contributed by atoms with van der Waals surface area (Å²) in [6.45, 7) is 4.85. The Morgan fingerprint density at radius 1 is 1.07 bits per heavy atom. The fourth-order valence-electron chi connectivity index (χ4n) is 3.33. The maximum atomic E-state index is 12.4. The van der Waals surface area contributed by atoms with Crippen molar-refractivity contribution in [2.45, 2.75) is 32.7 Å². The maximum Gasteiger partial charge on any atom is 0.260 e. The van der Waals surface area contributed by atoms with E-state index in [2.05, 4.69) is 36.5 Å². The highest BCUT2D eigenvalue weighted by Gasteiger charge is 2.24. The van der Waals surface area contributed by atoms with Crippen molar-refractivity contribution in [1.29, 1.82) is 0 Å². The molecule has 0 bridgehead atoms. The Balaban J connectivity index is 1.52. The number of likely N-dealkylation sites (tertiary alicyclic amines) is 1. The van der Waals surface area contributed by atoms with Gasteiger partial charge < -0.3 is 15.0 Å². The lowest BCUT2D eigenvalue weighted by Gasteiger charge is -2.32. The smallest absolute Gasteiger partial charge is 0.260 e. The van der Waals surface area contributed by atoms with Crippen LogP contribution in [0.15, 0.2) is 48.5 Å². The molecule has 2 aromatic rings. The van der Waals surface area contributed by atoms with E-state index in [9.17, 15) is 9.59 Å². The summed E-state index contributed by atoms with van der Waals surface area (Å²) in [6, 6.07) is 16.2. The number of nitrogens with one attached hydrogen (secondary N) is 1. The predicted octanol–water partition coefficient (Wildman–Crippen LogP) is 3.17. The molecule has 1 unspecified atom stereocenters. The Hall–Kier alpha value is -2.82. The first kappa shape index (κ1) is 19.0. The van der Waals surface area contributed by atoms with Crippen LogP contribution in [0.2, 0.25) is 0 Å². The van der Waals surface area contributed by atoms with Gasteiger partial charge in [-0.1, -0.05) is 42.0 Å². The molecule has 1 aliphatic rings. The molecular weight excluding hydrogens is 340 g/mol. The van der Waals surface area contributed by atoms with Gasteiger partial charge in [-0.2, -0.15) is 0 Å². The molecular formula is C22H26N2O3. The van der Waals surface area contributed by atoms with Crippen LogP contribution in [0.25, 0.3) is 11.1 Å². The van der Waals surface area contributed by atoms with Crippen LogP contribution in [-0.4, -0.2) is 42.5 Å². The number of aryl methyl sites for hydroxylation is 1. The summed E-state index contributed by atoms with van der Waals surface area (Å²) >= 11 is 0. The second-order valence-electron chi connectivity index (χ2n) is 7.06. The summed E-state index contributed by atoms with van der Waals surface area (Å²) in [5.74, 6) is 0.571. The number of nitrogens with zero attached hydrogens (tertiary/aromatic N) is 1. The second kappa shape index (κ2) is 8.71. The molecule has 2 aromatic carbocycles. The van der Waals surface area contributed by atoms with Crippen molar-refractivity contribution in [2.24, 2.45) is 0 Å². The third-order valence-corrected chi connectivity index (χ3v) is 4.78. The number of amides is 2. The van der Waals surface area contributed by atoms with Gasteiger partial charge in [0.25, 0.3) is 5.91 Å². The van der Waals surface area contributed by atoms with Crippen molar-refractivity contribution < 1.29 is 14.3 Å². The van der Waals surface area contributed by atoms with Gasteiger partial charge in [-0.15, -0.1) is 0 Å². The fourth-order valence-corrected chi connectivity index (χ4v) is 3.33. The zero-order valence-corrected chi connectivity index (χ0v) is 15.9. The van der Waals surface area contributed by atoms with E-state index < -0.39 is 0 Å². The second-order valence-corrected chi connectivity index (χ2v) is 7.06. The lowest BCUT2D eigenvalue weighted by molar-refractivity contribution is -0.135. The molecule has 0 saturated carbocycles. The van der Waals surface area contributed by atoms with Gasteiger partial charge in [-0.3, -0.25) is 9.59 Å². The third-order valence-electron chi connectivity index (χ3n) is 4.78. The molecule has 1 atom stereocenters. The highest BCUT2D eigenvalue weighted by Crippen LogP contribution is 2.23. The first-order valence-corrected chi connectivity index (χ1v) is 9.36. The van der Waals surface area contributed by atoms with E-state index in [4.69, 9.17) is 4.74 Å². The SMILES string of the molecule is CC(=O)NC1CCCN(C(=O)COc2ccc(-c3ccc(C)cc3)cc2)C1. The van der Waals surface area contributed by atoms with Crippen LogP contribution in [-0.2, 0) is 9.59 Å². The Bertz CT molecular complexity index is 784. The van der Waals surface area contributed by atoms with Crippen LogP contribution in [0.4, 0.5) is 0 Å². The van der Waals surface area contributed by atoms with E-state index in [0.29, 0.717) is 18.8 Å². The molecule has 27 heavy (non-hydrogen) atoms. The summed E-state index contributed by atoms with van der Waals surface area (Å²) in [4.78, 5) is 25.4. The number of hydrogen-bond donors (Lipinski definition) is 1. The minimum absolute atomic E-state index is 0.0106. The molecule has 0 aliphatic carbocycles. The van der Waals surface area contributed by atoms with Crippen LogP contribution >= 0.6 is 0 Å². The van der Waals surface area contributed by atoms with Gasteiger partial charge in [-0.25, -0.2) is 0 Å². The molecule has 0 aromatic heterocycles. The van der Waals surface area contributed by atoms with Crippen LogP contribution in [0.1, 0.15) is 25.3 Å². The van der Waals surface area contributed by atoms with Crippen molar-refractivity contribution in [3.8, 4) is 16.9 Å². The molecule has 1 heterocycles. The maximum absolute atomic E-state index is 12.4. The number of carbonyl (C=O) groups is 2. The topological polar surface area (TPSA) is 58.6 Å². The van der Waals surface area contributed by atoms with E-state index in [1.165, 1.54) is 12.5 Å². The summed E-state index contributed by atoms with van der Waals surface area (Å²) in [5.41, 5.74) is 3.50. The Morgan fingerprint density at radius 2 is 1.70 bits per heavy atom. The highest BCUT2D eigenvalue weighted by molar-refractivity contribution is 5.78. The van der Waals surface area contributed by atoms with Gasteiger partial charge in [0.2, 0.25) is 5.91 Å². The van der Waals surface area contributed by atoms with Crippen LogP contribution < -0.4 is 10.1 Å². The van der Waals surface area contributed by atoms with Crippen molar-refractivity contribution in [3.05, 3.63) is 54.1 Å². The molecule has 2 amide bonds. The van der Waals surface area contributed by atoms with Gasteiger partial charge in [0.05, 0.1) is 0 Å². The largest absolute Gasteiger partial charge is 0.484 e. The molecule has 1 saturated heterocycles. The van der Waals surface area contributed by atoms with E-state index in [0.717, 1.165) is 24.0 Å². The van der Waals surface area contributed by atoms with E-state index in [-0.39, 0.29) is 24.5 Å². The van der Waals surface area contributed by atoms with E-state index >= 15 is 0 Å². The van der Waals surface area contributed by atoms with Gasteiger partial charge in [0.15, 0.2) is 6.61 Å². The quantitative estimate of drug-likeness (QED) is 0.884. The molecule has 142 valence electrons. The van der Waals surface area contributed by atoms with Crippen molar-refractivity contribution in [1.82, 2.24) is 10.2 Å². The van der Waals surface area contributed by atoms with Crippen LogP contribution in [0.3, 0.4) is 0 Å². The average molecular weight is 366 g/mol. The summed E-state index contributed by atoms with van der Waals surface area (Å²) in [6.07, 6.45) is 1.80. The molecule has 5 heteroatoms. The Kier molecular flexibility index (Phi) is 6.12. The minimum Gasteiger partial charge on any atom is -0.484 e. The lowest BCUT2D eigenvalue weighted by Crippen LogP contribution is -2.50. The van der Waals surface area contributed by atoms with Crippen LogP contribution in [0.5, 0.6) is 5.75 Å². The van der Waals surface area contributed by atoms with Crippen molar-refractivity contribution in [3.63, 3.8) is 0 Å². The fraction of sp³-hybridized carbons (Fsp3) is 0.364. The van der Waals surface area contributed by atoms with Gasteiger partial charge in [0.1, 0.15) is 5.75 Å². The number of piperidine rings is 1.